The van der Waals surface area contributed by atoms with Gasteiger partial charge in [0.15, 0.2) is 0 Å². The Labute approximate surface area is 211 Å². The number of aromatic nitrogens is 4. The molecule has 1 saturated carbocycles. The van der Waals surface area contributed by atoms with E-state index in [0.29, 0.717) is 30.3 Å². The molecule has 0 spiro atoms. The maximum Gasteiger partial charge on any atom is 0.241 e. The number of rotatable bonds is 7. The van der Waals surface area contributed by atoms with E-state index in [-0.39, 0.29) is 12.1 Å². The Hall–Kier alpha value is -2.75. The Kier molecular flexibility index (Phi) is 6.54. The molecule has 3 aromatic heterocycles. The Morgan fingerprint density at radius 3 is 2.67 bits per heavy atom. The van der Waals surface area contributed by atoms with Gasteiger partial charge in [0.1, 0.15) is 5.82 Å². The summed E-state index contributed by atoms with van der Waals surface area (Å²) in [6.45, 7) is 6.37. The van der Waals surface area contributed by atoms with E-state index >= 15 is 0 Å². The fourth-order valence-corrected chi connectivity index (χ4v) is 6.12. The maximum absolute atomic E-state index is 10.1. The first-order valence-electron chi connectivity index (χ1n) is 13.2. The zero-order chi connectivity index (χ0) is 24.6. The minimum atomic E-state index is -0.193. The van der Waals surface area contributed by atoms with E-state index in [1.165, 1.54) is 5.69 Å². The molecule has 2 aliphatic heterocycles. The van der Waals surface area contributed by atoms with E-state index in [9.17, 15) is 5.11 Å². The highest BCUT2D eigenvalue weighted by Crippen LogP contribution is 2.39. The molecule has 3 atom stereocenters. The number of hydrogen-bond donors (Lipinski definition) is 2. The summed E-state index contributed by atoms with van der Waals surface area (Å²) in [4.78, 5) is 11.8. The Morgan fingerprint density at radius 1 is 1.14 bits per heavy atom. The normalized spacial score (nSPS) is 26.9. The minimum absolute atomic E-state index is 0.101. The molecule has 2 N–H and O–H groups in total. The molecule has 1 aliphatic carbocycles. The van der Waals surface area contributed by atoms with Gasteiger partial charge >= 0.3 is 0 Å². The predicted molar refractivity (Wildman–Crippen MR) is 138 cm³/mol. The number of nitrogens with one attached hydrogen (secondary N) is 1. The van der Waals surface area contributed by atoms with Gasteiger partial charge in [-0.15, -0.1) is 5.10 Å². The molecule has 0 radical (unpaired) electrons. The highest BCUT2D eigenvalue weighted by molar-refractivity contribution is 5.82. The van der Waals surface area contributed by atoms with Crippen LogP contribution >= 0.6 is 0 Å². The number of ether oxygens (including phenoxy) is 2. The second kappa shape index (κ2) is 9.95. The van der Waals surface area contributed by atoms with Crippen LogP contribution in [0, 0.1) is 11.8 Å². The molecule has 3 aliphatic rings. The quantitative estimate of drug-likeness (QED) is 0.518. The summed E-state index contributed by atoms with van der Waals surface area (Å²) >= 11 is 0. The number of aliphatic hydroxyl groups is 1. The van der Waals surface area contributed by atoms with E-state index in [1.54, 1.807) is 7.11 Å². The highest BCUT2D eigenvalue weighted by Gasteiger charge is 2.37. The number of aliphatic hydroxyl groups excluding tert-OH is 1. The number of pyridine rings is 1. The lowest BCUT2D eigenvalue weighted by atomic mass is 9.85. The fourth-order valence-electron chi connectivity index (χ4n) is 6.12. The number of nitrogens with zero attached hydrogens (tertiary/aromatic N) is 5. The molecule has 3 fully saturated rings. The Morgan fingerprint density at radius 2 is 1.92 bits per heavy atom. The molecule has 36 heavy (non-hydrogen) atoms. The molecule has 0 aromatic carbocycles. The van der Waals surface area contributed by atoms with Crippen LogP contribution in [0.2, 0.25) is 0 Å². The smallest absolute Gasteiger partial charge is 0.241 e. The molecule has 9 heteroatoms. The summed E-state index contributed by atoms with van der Waals surface area (Å²) in [5.41, 5.74) is 4.43. The van der Waals surface area contributed by atoms with Gasteiger partial charge in [-0.3, -0.25) is 0 Å². The van der Waals surface area contributed by atoms with Crippen LogP contribution < -0.4 is 10.2 Å². The predicted octanol–water partition coefficient (Wildman–Crippen LogP) is 3.34. The summed E-state index contributed by atoms with van der Waals surface area (Å²) in [7, 11) is 1.70. The van der Waals surface area contributed by atoms with Crippen molar-refractivity contribution in [2.45, 2.75) is 50.7 Å². The maximum atomic E-state index is 10.1. The summed E-state index contributed by atoms with van der Waals surface area (Å²) in [6, 6.07) is 6.67. The lowest BCUT2D eigenvalue weighted by Crippen LogP contribution is -2.23. The Bertz CT molecular complexity index is 1200. The van der Waals surface area contributed by atoms with Crippen molar-refractivity contribution in [1.29, 1.82) is 0 Å². The molecule has 9 nitrogen and oxygen atoms in total. The number of anilines is 2. The lowest BCUT2D eigenvalue weighted by molar-refractivity contribution is 0.121. The summed E-state index contributed by atoms with van der Waals surface area (Å²) in [5, 5.41) is 18.3. The third kappa shape index (κ3) is 4.55. The lowest BCUT2D eigenvalue weighted by Gasteiger charge is -2.25. The first kappa shape index (κ1) is 23.6. The van der Waals surface area contributed by atoms with Crippen molar-refractivity contribution < 1.29 is 14.6 Å². The van der Waals surface area contributed by atoms with Crippen molar-refractivity contribution in [3.8, 4) is 11.1 Å². The molecule has 2 saturated heterocycles. The molecule has 3 aromatic rings. The van der Waals surface area contributed by atoms with Crippen LogP contribution in [0.3, 0.4) is 0 Å². The van der Waals surface area contributed by atoms with Gasteiger partial charge in [0.05, 0.1) is 37.6 Å². The summed E-state index contributed by atoms with van der Waals surface area (Å²) in [5.74, 6) is 3.19. The SMILES string of the molecule is COC[C@H](C)Nc1ncc2c(-c3ccnc(N4C[C@H]5COC[C@H]5C4)c3)cc(C3CCC(O)CC3)n2n1. The molecule has 5 heterocycles. The van der Waals surface area contributed by atoms with E-state index in [2.05, 4.69) is 44.8 Å². The summed E-state index contributed by atoms with van der Waals surface area (Å²) < 4.78 is 13.0. The van der Waals surface area contributed by atoms with Crippen LogP contribution in [0.25, 0.3) is 16.6 Å². The van der Waals surface area contributed by atoms with Gasteiger partial charge in [0.25, 0.3) is 0 Å². The van der Waals surface area contributed by atoms with E-state index in [4.69, 9.17) is 19.6 Å². The van der Waals surface area contributed by atoms with Gasteiger partial charge in [-0.2, -0.15) is 0 Å². The van der Waals surface area contributed by atoms with Crippen LogP contribution in [0.1, 0.15) is 44.2 Å². The molecule has 0 bridgehead atoms. The van der Waals surface area contributed by atoms with E-state index in [1.807, 2.05) is 12.4 Å². The van der Waals surface area contributed by atoms with Crippen LogP contribution in [-0.2, 0) is 9.47 Å². The van der Waals surface area contributed by atoms with Crippen LogP contribution in [0.15, 0.2) is 30.6 Å². The molecular weight excluding hydrogens is 456 g/mol. The largest absolute Gasteiger partial charge is 0.393 e. The van der Waals surface area contributed by atoms with E-state index in [0.717, 1.165) is 74.4 Å². The second-order valence-corrected chi connectivity index (χ2v) is 10.7. The molecular formula is C27H36N6O3. The van der Waals surface area contributed by atoms with Crippen molar-refractivity contribution in [1.82, 2.24) is 19.6 Å². The van der Waals surface area contributed by atoms with Gasteiger partial charge in [0.2, 0.25) is 5.95 Å². The van der Waals surface area contributed by atoms with Crippen LogP contribution in [0.5, 0.6) is 0 Å². The topological polar surface area (TPSA) is 97.0 Å². The van der Waals surface area contributed by atoms with Gasteiger partial charge in [0, 0.05) is 61.4 Å². The minimum Gasteiger partial charge on any atom is -0.393 e. The van der Waals surface area contributed by atoms with E-state index < -0.39 is 0 Å². The Balaban J connectivity index is 1.36. The monoisotopic (exact) mass is 492 g/mol. The van der Waals surface area contributed by atoms with Gasteiger partial charge < -0.3 is 24.8 Å². The van der Waals surface area contributed by atoms with Gasteiger partial charge in [-0.1, -0.05) is 0 Å². The van der Waals surface area contributed by atoms with Crippen LogP contribution in [-0.4, -0.2) is 76.9 Å². The third-order valence-corrected chi connectivity index (χ3v) is 8.07. The van der Waals surface area contributed by atoms with Crippen molar-refractivity contribution in [2.75, 3.05) is 50.2 Å². The third-order valence-electron chi connectivity index (χ3n) is 8.07. The highest BCUT2D eigenvalue weighted by atomic mass is 16.5. The number of methoxy groups -OCH3 is 1. The molecule has 6 rings (SSSR count). The van der Waals surface area contributed by atoms with Crippen LogP contribution in [0.4, 0.5) is 11.8 Å². The van der Waals surface area contributed by atoms with Gasteiger partial charge in [-0.25, -0.2) is 14.5 Å². The average molecular weight is 493 g/mol. The first-order valence-corrected chi connectivity index (χ1v) is 13.2. The standard InChI is InChI=1S/C27H36N6O3/c1-17(14-35-2)30-27-29-11-25-23(10-24(33(25)31-27)18-3-5-22(34)6-4-18)19-7-8-28-26(9-19)32-12-20-15-36-16-21(20)13-32/h7-11,17-18,20-22,34H,3-6,12-16H2,1-2H3,(H,30,31)/t17-,18?,20-,21+,22?/m0/s1. The van der Waals surface area contributed by atoms with Crippen molar-refractivity contribution in [2.24, 2.45) is 11.8 Å². The van der Waals surface area contributed by atoms with Crippen molar-refractivity contribution in [3.63, 3.8) is 0 Å². The average Bonchev–Trinajstić information content (AvgIpc) is 3.58. The molecule has 192 valence electrons. The molecule has 0 amide bonds. The number of hydrogen-bond acceptors (Lipinski definition) is 8. The number of fused-ring (bicyclic) bond motifs is 2. The fraction of sp³-hybridized carbons (Fsp3) is 0.593. The van der Waals surface area contributed by atoms with Crippen molar-refractivity contribution in [3.05, 3.63) is 36.3 Å². The first-order chi connectivity index (χ1) is 17.6. The zero-order valence-electron chi connectivity index (χ0n) is 21.1. The summed E-state index contributed by atoms with van der Waals surface area (Å²) in [6.07, 6.45) is 7.21. The van der Waals surface area contributed by atoms with Crippen molar-refractivity contribution >= 4 is 17.3 Å². The second-order valence-electron chi connectivity index (χ2n) is 10.7. The molecule has 0 unspecified atom stereocenters. The van der Waals surface area contributed by atoms with Gasteiger partial charge in [-0.05, 0) is 56.4 Å². The zero-order valence-corrected chi connectivity index (χ0v) is 21.1.